The number of aromatic hydroxyl groups is 1. The Morgan fingerprint density at radius 1 is 0.714 bits per heavy atom. The predicted octanol–water partition coefficient (Wildman–Crippen LogP) is 11.7. The predicted molar refractivity (Wildman–Crippen MR) is 429 cm³/mol. The number of unbranched alkanes of at least 4 members (excludes halogenated alkanes) is 8. The average Bonchev–Trinajstić information content (AvgIpc) is 0.779. The number of hydrogen-bond acceptors (Lipinski definition) is 24. The highest BCUT2D eigenvalue weighted by Gasteiger charge is 2.32. The number of rotatable bonds is 45. The summed E-state index contributed by atoms with van der Waals surface area (Å²) in [6.45, 7) is 17.7. The Kier molecular flexibility index (Phi) is 46.1. The quantitative estimate of drug-likeness (QED) is 0.00689. The van der Waals surface area contributed by atoms with Gasteiger partial charge in [0.2, 0.25) is 31.2 Å². The lowest BCUT2D eigenvalue weighted by Crippen LogP contribution is -2.47. The number of alkyl carbamates (subject to hydrolysis) is 1. The number of amides is 3. The smallest absolute Gasteiger partial charge is 0.407 e. The van der Waals surface area contributed by atoms with Crippen LogP contribution >= 0.6 is 7.44 Å². The normalized spacial score (nSPS) is 12.2. The minimum absolute atomic E-state index is 0.0168. The number of carboxylic acids is 1. The van der Waals surface area contributed by atoms with Gasteiger partial charge in [0.25, 0.3) is 0 Å². The molecule has 0 bridgehead atoms. The summed E-state index contributed by atoms with van der Waals surface area (Å²) < 4.78 is 40.5. The fourth-order valence-corrected chi connectivity index (χ4v) is 12.3. The van der Waals surface area contributed by atoms with Crippen LogP contribution in [0, 0.1) is 0 Å². The highest BCUT2D eigenvalue weighted by atomic mass is 31.2. The van der Waals surface area contributed by atoms with E-state index in [9.17, 15) is 62.7 Å². The van der Waals surface area contributed by atoms with Gasteiger partial charge in [0, 0.05) is 171 Å². The van der Waals surface area contributed by atoms with Gasteiger partial charge in [-0.1, -0.05) is 87.3 Å². The van der Waals surface area contributed by atoms with E-state index in [1.807, 2.05) is 23.7 Å². The Morgan fingerprint density at radius 3 is 2.01 bits per heavy atom. The first-order valence-electron chi connectivity index (χ1n) is 38.2. The van der Waals surface area contributed by atoms with Crippen LogP contribution < -0.4 is 31.0 Å². The van der Waals surface area contributed by atoms with E-state index in [4.69, 9.17) is 29.9 Å². The van der Waals surface area contributed by atoms with Gasteiger partial charge in [0.05, 0.1) is 31.0 Å². The van der Waals surface area contributed by atoms with Crippen molar-refractivity contribution < 1.29 is 76.6 Å². The number of benzene rings is 3. The van der Waals surface area contributed by atoms with Gasteiger partial charge in [-0.25, -0.2) is 18.9 Å². The number of azide groups is 1. The molecule has 33 nitrogen and oxygen atoms in total. The van der Waals surface area contributed by atoms with Gasteiger partial charge in [-0.05, 0) is 121 Å². The van der Waals surface area contributed by atoms with Crippen LogP contribution in [-0.2, 0) is 60.6 Å². The van der Waals surface area contributed by atoms with E-state index in [0.717, 1.165) is 57.1 Å². The van der Waals surface area contributed by atoms with E-state index in [2.05, 4.69) is 54.5 Å². The van der Waals surface area contributed by atoms with E-state index in [1.54, 1.807) is 78.5 Å². The summed E-state index contributed by atoms with van der Waals surface area (Å²) in [4.78, 5) is 134. The molecule has 1 unspecified atom stereocenters. The number of carboxylic acid groups (broad SMARTS) is 1. The number of ketones is 5. The van der Waals surface area contributed by atoms with Crippen LogP contribution in [-0.4, -0.2) is 221 Å². The summed E-state index contributed by atoms with van der Waals surface area (Å²) in [5.74, 6) is 0.421. The molecule has 2 aliphatic heterocycles. The van der Waals surface area contributed by atoms with E-state index in [0.29, 0.717) is 162 Å². The Hall–Kier alpha value is -10.1. The molecule has 3 amide bonds. The number of fused-ring (bicyclic) bond motifs is 2. The van der Waals surface area contributed by atoms with Crippen LogP contribution in [0.2, 0.25) is 0 Å². The fraction of sp³-hybridized carbons (Fsp3) is 0.577. The maximum Gasteiger partial charge on any atom is 0.407 e. The van der Waals surface area contributed by atoms with Crippen LogP contribution in [0.15, 0.2) is 81.2 Å². The van der Waals surface area contributed by atoms with E-state index in [1.165, 1.54) is 81.7 Å². The lowest BCUT2D eigenvalue weighted by Gasteiger charge is -2.39. The average molecular weight is 1580 g/mol. The summed E-state index contributed by atoms with van der Waals surface area (Å²) in [7, 11) is 4.44. The Balaban J connectivity index is 0.000000395. The molecule has 1 aliphatic carbocycles. The van der Waals surface area contributed by atoms with Crippen molar-refractivity contribution in [2.24, 2.45) is 10.8 Å². The van der Waals surface area contributed by atoms with E-state index >= 15 is 0 Å². The number of carbonyl (C=O) groups excluding carboxylic acids is 8. The molecule has 3 aliphatic rings. The molecule has 1 atom stereocenters. The molecule has 0 spiro atoms. The number of aromatic carboxylic acids is 1. The summed E-state index contributed by atoms with van der Waals surface area (Å²) in [5, 5.41) is 33.8. The second-order valence-corrected chi connectivity index (χ2v) is 30.3. The summed E-state index contributed by atoms with van der Waals surface area (Å²) in [5.41, 5.74) is 15.9. The monoisotopic (exact) mass is 1580 g/mol. The molecular formula is C78H117N16O17P. The molecular weight excluding hydrogens is 1460 g/mol. The standard InChI is InChI=1S/C24H45N8O5P.C21H35N5O5.C20H12O5.C9H18O.C4H7N3O/c1-6-7-8-10-20(33)11-9-16-36-17-18-37-24-27-22(30(4)19-21(25)34)26-23(28-24)31-12-14-32(15-13-31)38(5,35)29(2)3;1-17(27)11-14-26-16-19(23-24-26)9-10-20(29)8-5-4-6-12-22-21(30)31-15-7-13-25(3)18(2)28;21-11-5-7-15-17(9-11)25-18-10-12(22)6-8-16(18)19(15)13-3-1-2-4-14(13)20(23)24;1-3-4-5-6-7-8-9(2)10;1-4(8)2-3-6-7-5/h6-19H2,1-5H3,(H2,25,34);16H,4-15H2,1-3H3,(H,22,30);1-10,21H,(H,23,24);3-8H2,1-2H3;2-3H2,1H3. The summed E-state index contributed by atoms with van der Waals surface area (Å²) >= 11 is 0. The number of ether oxygens (including phenoxy) is 3. The van der Waals surface area contributed by atoms with Gasteiger partial charge >= 0.3 is 18.1 Å². The highest BCUT2D eigenvalue weighted by molar-refractivity contribution is 7.58. The van der Waals surface area contributed by atoms with E-state index < -0.39 is 25.4 Å². The fourth-order valence-electron chi connectivity index (χ4n) is 10.9. The highest BCUT2D eigenvalue weighted by Crippen LogP contribution is 2.48. The van der Waals surface area contributed by atoms with Crippen molar-refractivity contribution in [3.63, 3.8) is 0 Å². The molecule has 7 rings (SSSR count). The molecule has 5 N–H and O–H groups in total. The number of phenolic OH excluding ortho intramolecular Hbond substituents is 1. The first-order chi connectivity index (χ1) is 53.4. The van der Waals surface area contributed by atoms with Gasteiger partial charge in [-0.3, -0.25) is 38.0 Å². The first-order valence-corrected chi connectivity index (χ1v) is 40.2. The third-order valence-electron chi connectivity index (χ3n) is 17.5. The molecule has 0 radical (unpaired) electrons. The molecule has 4 heterocycles. The molecule has 34 heteroatoms. The lowest BCUT2D eigenvalue weighted by atomic mass is 9.91. The number of Topliss-reactive ketones (excluding diaryl/α,β-unsaturated/α-hetero) is 5. The molecule has 2 aromatic carbocycles. The number of likely N-dealkylation sites (N-methyl/N-ethyl adjacent to an activating group) is 1. The van der Waals surface area contributed by atoms with Crippen LogP contribution in [0.25, 0.3) is 43.9 Å². The van der Waals surface area contributed by atoms with Gasteiger partial charge in [-0.2, -0.15) is 15.0 Å². The van der Waals surface area contributed by atoms with Crippen molar-refractivity contribution in [3.8, 4) is 34.2 Å². The lowest BCUT2D eigenvalue weighted by molar-refractivity contribution is -0.127. The van der Waals surface area contributed by atoms with Gasteiger partial charge < -0.3 is 64.2 Å². The van der Waals surface area contributed by atoms with Crippen molar-refractivity contribution in [2.75, 3.05) is 123 Å². The van der Waals surface area contributed by atoms with Crippen molar-refractivity contribution in [1.29, 1.82) is 0 Å². The zero-order valence-electron chi connectivity index (χ0n) is 67.2. The Morgan fingerprint density at radius 2 is 1.36 bits per heavy atom. The minimum atomic E-state index is -2.58. The molecule has 0 saturated carbocycles. The van der Waals surface area contributed by atoms with Crippen LogP contribution in [0.5, 0.6) is 11.8 Å². The Bertz CT molecular complexity index is 4060. The molecule has 1 fully saturated rings. The number of primary amides is 1. The number of nitrogens with one attached hydrogen (secondary N) is 1. The zero-order valence-corrected chi connectivity index (χ0v) is 68.1. The SMILES string of the molecule is CC(=O)CCN=[N+]=[N-].CC(=O)CCn1cc(CCC(=O)CCCCCNC(=O)OCCCN(C)C(C)=O)nn1.CCCCCC(=O)CCCOCCOc1nc(N(C)CC(N)=O)nc(N2CCN(P(C)(=O)N(C)C)CC2)n1.CCCCCCCC(C)=O.O=C(O)c1ccccc1-c1c2ccc(=O)cc-2oc2cc(O)ccc12. The van der Waals surface area contributed by atoms with Crippen molar-refractivity contribution in [2.45, 2.75) is 183 Å². The first kappa shape index (κ1) is 96.1. The molecule has 112 heavy (non-hydrogen) atoms. The number of phenols is 1. The van der Waals surface area contributed by atoms with Crippen molar-refractivity contribution >= 4 is 83.1 Å². The van der Waals surface area contributed by atoms with Gasteiger partial charge in [0.15, 0.2) is 5.43 Å². The number of piperazine rings is 1. The number of aromatic nitrogens is 6. The maximum absolute atomic E-state index is 13.0. The summed E-state index contributed by atoms with van der Waals surface area (Å²) in [6, 6.07) is 15.8. The van der Waals surface area contributed by atoms with Crippen molar-refractivity contribution in [3.05, 3.63) is 98.8 Å². The van der Waals surface area contributed by atoms with E-state index in [-0.39, 0.29) is 84.0 Å². The topological polar surface area (TPSA) is 441 Å². The minimum Gasteiger partial charge on any atom is -0.508 e. The number of aryl methyl sites for hydroxylation is 2. The molecule has 2 aromatic heterocycles. The van der Waals surface area contributed by atoms with Gasteiger partial charge in [-0.15, -0.1) is 5.10 Å². The third kappa shape index (κ3) is 38.7. The van der Waals surface area contributed by atoms with Crippen molar-refractivity contribution in [1.82, 2.24) is 49.5 Å². The maximum atomic E-state index is 13.0. The molecule has 616 valence electrons. The largest absolute Gasteiger partial charge is 0.508 e. The number of hydrogen-bond donors (Lipinski definition) is 4. The van der Waals surface area contributed by atoms with Crippen LogP contribution in [0.3, 0.4) is 0 Å². The molecule has 1 saturated heterocycles. The number of nitrogens with two attached hydrogens (primary N) is 1. The zero-order chi connectivity index (χ0) is 83.0. The third-order valence-corrected chi connectivity index (χ3v) is 20.4. The van der Waals surface area contributed by atoms with Crippen LogP contribution in [0.1, 0.15) is 186 Å². The number of carbonyl (C=O) groups is 9. The second kappa shape index (κ2) is 53.8. The second-order valence-electron chi connectivity index (χ2n) is 27.3. The Labute approximate surface area is 656 Å². The van der Waals surface area contributed by atoms with Gasteiger partial charge in [0.1, 0.15) is 52.6 Å². The van der Waals surface area contributed by atoms with Crippen LogP contribution in [0.4, 0.5) is 16.7 Å². The number of anilines is 2. The summed E-state index contributed by atoms with van der Waals surface area (Å²) in [6.07, 6.45) is 18.6. The molecule has 4 aromatic rings. The number of nitrogens with zero attached hydrogens (tertiary/aromatic N) is 14.